The summed E-state index contributed by atoms with van der Waals surface area (Å²) in [6.45, 7) is 0. The van der Waals surface area contributed by atoms with Crippen LogP contribution in [0.2, 0.25) is 0 Å². The van der Waals surface area contributed by atoms with Gasteiger partial charge in [0.15, 0.2) is 0 Å². The molecule has 0 radical (unpaired) electrons. The van der Waals surface area contributed by atoms with E-state index in [2.05, 4.69) is 10.4 Å². The molecule has 5 heteroatoms. The Morgan fingerprint density at radius 2 is 2.17 bits per heavy atom. The van der Waals surface area contributed by atoms with Gasteiger partial charge in [-0.05, 0) is 29.8 Å². The summed E-state index contributed by atoms with van der Waals surface area (Å²) in [6, 6.07) is 13.2. The number of amides is 1. The largest absolute Gasteiger partial charge is 0.290 e. The van der Waals surface area contributed by atoms with Crippen molar-refractivity contribution in [1.29, 1.82) is 0 Å². The van der Waals surface area contributed by atoms with E-state index in [4.69, 9.17) is 5.84 Å². The van der Waals surface area contributed by atoms with Gasteiger partial charge in [0.05, 0.1) is 5.03 Å². The molecule has 0 aliphatic heterocycles. The van der Waals surface area contributed by atoms with Crippen LogP contribution >= 0.6 is 11.8 Å². The second kappa shape index (κ2) is 6.18. The Kier molecular flexibility index (Phi) is 4.33. The van der Waals surface area contributed by atoms with Gasteiger partial charge in [0.1, 0.15) is 0 Å². The van der Waals surface area contributed by atoms with Crippen LogP contribution in [-0.2, 0) is 5.75 Å². The SMILES string of the molecule is NNC(=O)c1cccc(CSc2ccccn2)c1. The summed E-state index contributed by atoms with van der Waals surface area (Å²) in [5, 5.41) is 0.964. The fourth-order valence-corrected chi connectivity index (χ4v) is 2.28. The van der Waals surface area contributed by atoms with Crippen molar-refractivity contribution in [3.8, 4) is 0 Å². The first-order valence-corrected chi connectivity index (χ1v) is 6.42. The predicted octanol–water partition coefficient (Wildman–Crippen LogP) is 1.98. The third-order valence-electron chi connectivity index (χ3n) is 2.34. The molecule has 18 heavy (non-hydrogen) atoms. The summed E-state index contributed by atoms with van der Waals surface area (Å²) in [6.07, 6.45) is 1.76. The van der Waals surface area contributed by atoms with E-state index in [0.29, 0.717) is 5.56 Å². The van der Waals surface area contributed by atoms with Gasteiger partial charge in [-0.2, -0.15) is 0 Å². The number of hydrogen-bond donors (Lipinski definition) is 2. The molecule has 2 rings (SSSR count). The summed E-state index contributed by atoms with van der Waals surface area (Å²) in [5.41, 5.74) is 3.75. The summed E-state index contributed by atoms with van der Waals surface area (Å²) in [7, 11) is 0. The molecule has 92 valence electrons. The number of hydrogen-bond acceptors (Lipinski definition) is 4. The minimum atomic E-state index is -0.278. The van der Waals surface area contributed by atoms with E-state index in [1.807, 2.05) is 36.4 Å². The van der Waals surface area contributed by atoms with Gasteiger partial charge in [-0.25, -0.2) is 10.8 Å². The summed E-state index contributed by atoms with van der Waals surface area (Å²) < 4.78 is 0. The molecule has 4 nitrogen and oxygen atoms in total. The number of pyridine rings is 1. The summed E-state index contributed by atoms with van der Waals surface area (Å²) in [4.78, 5) is 15.6. The van der Waals surface area contributed by atoms with Gasteiger partial charge < -0.3 is 0 Å². The molecule has 1 aromatic carbocycles. The van der Waals surface area contributed by atoms with Gasteiger partial charge in [0.25, 0.3) is 5.91 Å². The Labute approximate surface area is 110 Å². The van der Waals surface area contributed by atoms with Crippen LogP contribution < -0.4 is 11.3 Å². The highest BCUT2D eigenvalue weighted by Gasteiger charge is 2.04. The van der Waals surface area contributed by atoms with Crippen molar-refractivity contribution in [1.82, 2.24) is 10.4 Å². The normalized spacial score (nSPS) is 10.1. The molecule has 0 unspecified atom stereocenters. The summed E-state index contributed by atoms with van der Waals surface area (Å²) >= 11 is 1.63. The molecule has 2 aromatic rings. The number of thioether (sulfide) groups is 1. The molecule has 3 N–H and O–H groups in total. The van der Waals surface area contributed by atoms with E-state index in [0.717, 1.165) is 16.3 Å². The van der Waals surface area contributed by atoms with Crippen molar-refractivity contribution in [2.45, 2.75) is 10.8 Å². The third-order valence-corrected chi connectivity index (χ3v) is 3.36. The minimum Gasteiger partial charge on any atom is -0.290 e. The van der Waals surface area contributed by atoms with Crippen molar-refractivity contribution in [2.24, 2.45) is 5.84 Å². The Morgan fingerprint density at radius 1 is 1.28 bits per heavy atom. The number of carbonyl (C=O) groups excluding carboxylic acids is 1. The maximum Gasteiger partial charge on any atom is 0.265 e. The Morgan fingerprint density at radius 3 is 2.89 bits per heavy atom. The van der Waals surface area contributed by atoms with Crippen molar-refractivity contribution >= 4 is 17.7 Å². The lowest BCUT2D eigenvalue weighted by Gasteiger charge is -2.04. The maximum atomic E-state index is 11.4. The second-order valence-corrected chi connectivity index (χ2v) is 4.63. The van der Waals surface area contributed by atoms with Crippen LogP contribution in [0.3, 0.4) is 0 Å². The van der Waals surface area contributed by atoms with Gasteiger partial charge in [0, 0.05) is 17.5 Å². The lowest BCUT2D eigenvalue weighted by molar-refractivity contribution is 0.0953. The van der Waals surface area contributed by atoms with Crippen LogP contribution in [0, 0.1) is 0 Å². The Hall–Kier alpha value is -1.85. The molecule has 0 fully saturated rings. The van der Waals surface area contributed by atoms with Gasteiger partial charge in [-0.3, -0.25) is 10.2 Å². The van der Waals surface area contributed by atoms with Crippen LogP contribution in [0.4, 0.5) is 0 Å². The number of carbonyl (C=O) groups is 1. The number of benzene rings is 1. The number of rotatable bonds is 4. The molecule has 1 amide bonds. The van der Waals surface area contributed by atoms with E-state index in [9.17, 15) is 4.79 Å². The van der Waals surface area contributed by atoms with Gasteiger partial charge in [-0.1, -0.05) is 18.2 Å². The monoisotopic (exact) mass is 259 g/mol. The fraction of sp³-hybridized carbons (Fsp3) is 0.0769. The number of nitrogens with zero attached hydrogens (tertiary/aromatic N) is 1. The molecular formula is C13H13N3OS. The van der Waals surface area contributed by atoms with Crippen molar-refractivity contribution in [2.75, 3.05) is 0 Å². The molecular weight excluding hydrogens is 246 g/mol. The second-order valence-electron chi connectivity index (χ2n) is 3.63. The quantitative estimate of drug-likeness (QED) is 0.381. The first-order valence-electron chi connectivity index (χ1n) is 5.43. The van der Waals surface area contributed by atoms with Crippen molar-refractivity contribution < 1.29 is 4.79 Å². The lowest BCUT2D eigenvalue weighted by atomic mass is 10.1. The van der Waals surface area contributed by atoms with E-state index in [1.165, 1.54) is 0 Å². The molecule has 0 bridgehead atoms. The van der Waals surface area contributed by atoms with Gasteiger partial charge >= 0.3 is 0 Å². The predicted molar refractivity (Wildman–Crippen MR) is 71.9 cm³/mol. The highest BCUT2D eigenvalue weighted by molar-refractivity contribution is 7.98. The zero-order chi connectivity index (χ0) is 12.8. The summed E-state index contributed by atoms with van der Waals surface area (Å²) in [5.74, 6) is 5.59. The average Bonchev–Trinajstić information content (AvgIpc) is 2.45. The van der Waals surface area contributed by atoms with E-state index < -0.39 is 0 Å². The van der Waals surface area contributed by atoms with Crippen LogP contribution in [0.5, 0.6) is 0 Å². The van der Waals surface area contributed by atoms with Crippen molar-refractivity contribution in [3.63, 3.8) is 0 Å². The van der Waals surface area contributed by atoms with E-state index >= 15 is 0 Å². The Bertz CT molecular complexity index is 531. The number of nitrogen functional groups attached to an aromatic ring is 1. The molecule has 1 aromatic heterocycles. The highest BCUT2D eigenvalue weighted by Crippen LogP contribution is 2.20. The maximum absolute atomic E-state index is 11.4. The smallest absolute Gasteiger partial charge is 0.265 e. The fourth-order valence-electron chi connectivity index (χ4n) is 1.48. The van der Waals surface area contributed by atoms with Crippen LogP contribution in [0.25, 0.3) is 0 Å². The molecule has 0 aliphatic rings. The van der Waals surface area contributed by atoms with Crippen molar-refractivity contribution in [3.05, 3.63) is 59.8 Å². The number of nitrogens with one attached hydrogen (secondary N) is 1. The standard InChI is InChI=1S/C13H13N3OS/c14-16-13(17)11-5-3-4-10(8-11)9-18-12-6-1-2-7-15-12/h1-8H,9,14H2,(H,16,17). The number of nitrogens with two attached hydrogens (primary N) is 1. The molecule has 0 spiro atoms. The number of aromatic nitrogens is 1. The first kappa shape index (κ1) is 12.6. The molecule has 0 saturated carbocycles. The van der Waals surface area contributed by atoms with Gasteiger partial charge in [-0.15, -0.1) is 11.8 Å². The average molecular weight is 259 g/mol. The zero-order valence-electron chi connectivity index (χ0n) is 9.67. The molecule has 0 atom stereocenters. The van der Waals surface area contributed by atoms with E-state index in [-0.39, 0.29) is 5.91 Å². The lowest BCUT2D eigenvalue weighted by Crippen LogP contribution is -2.29. The Balaban J connectivity index is 2.04. The van der Waals surface area contributed by atoms with Crippen LogP contribution in [-0.4, -0.2) is 10.9 Å². The van der Waals surface area contributed by atoms with Gasteiger partial charge in [0.2, 0.25) is 0 Å². The zero-order valence-corrected chi connectivity index (χ0v) is 10.5. The third kappa shape index (κ3) is 3.32. The van der Waals surface area contributed by atoms with E-state index in [1.54, 1.807) is 24.0 Å². The molecule has 0 aliphatic carbocycles. The first-order chi connectivity index (χ1) is 8.79. The molecule has 0 saturated heterocycles. The minimum absolute atomic E-state index is 0.278. The highest BCUT2D eigenvalue weighted by atomic mass is 32.2. The number of hydrazine groups is 1. The molecule has 1 heterocycles. The van der Waals surface area contributed by atoms with Crippen LogP contribution in [0.15, 0.2) is 53.7 Å². The van der Waals surface area contributed by atoms with Crippen LogP contribution in [0.1, 0.15) is 15.9 Å². The topological polar surface area (TPSA) is 68.0 Å².